The number of ether oxygens (including phenoxy) is 5. The Hall–Kier alpha value is -3.58. The standard InChI is InChI=1S/C59H100O12/c1-4-7-10-13-16-19-22-23-24-25-26-27-28-29-32-35-38-41-44-47-53(62)70-57-55(64)54(63)56(58(65)66)71-59(57)68-49-50(69-52(61)46-43-40-37-34-31-21-18-15-12-9-6-3)48-67-51(60)45-42-39-36-33-30-20-17-14-11-8-5-2/h14-19,23-24,26-27,50,54-57,59,63-64H,4-13,20-22,25,28-49H2,1-3H3,(H,65,66)/b17-14-,18-15-,19-16-,24-23-,27-26-. The van der Waals surface area contributed by atoms with E-state index in [2.05, 4.69) is 81.5 Å². The Labute approximate surface area is 430 Å². The van der Waals surface area contributed by atoms with Crippen molar-refractivity contribution in [1.82, 2.24) is 0 Å². The van der Waals surface area contributed by atoms with Crippen LogP contribution in [0.2, 0.25) is 0 Å². The quantitative estimate of drug-likeness (QED) is 0.0228. The van der Waals surface area contributed by atoms with Crippen molar-refractivity contribution in [3.05, 3.63) is 60.8 Å². The van der Waals surface area contributed by atoms with Gasteiger partial charge in [0.05, 0.1) is 6.61 Å². The zero-order valence-corrected chi connectivity index (χ0v) is 44.7. The molecule has 1 saturated heterocycles. The highest BCUT2D eigenvalue weighted by atomic mass is 16.7. The van der Waals surface area contributed by atoms with Crippen LogP contribution in [0.25, 0.3) is 0 Å². The molecule has 0 aliphatic carbocycles. The number of carbonyl (C=O) groups excluding carboxylic acids is 3. The molecule has 0 aromatic carbocycles. The number of rotatable bonds is 47. The van der Waals surface area contributed by atoms with Gasteiger partial charge >= 0.3 is 23.9 Å². The van der Waals surface area contributed by atoms with E-state index in [-0.39, 0.29) is 25.9 Å². The number of esters is 3. The first kappa shape index (κ1) is 65.4. The van der Waals surface area contributed by atoms with Crippen molar-refractivity contribution < 1.29 is 58.2 Å². The van der Waals surface area contributed by atoms with Crippen LogP contribution in [-0.2, 0) is 42.9 Å². The van der Waals surface area contributed by atoms with E-state index in [1.165, 1.54) is 51.4 Å². The second-order valence-electron chi connectivity index (χ2n) is 19.2. The van der Waals surface area contributed by atoms with Crippen molar-refractivity contribution in [1.29, 1.82) is 0 Å². The minimum atomic E-state index is -1.91. The van der Waals surface area contributed by atoms with Gasteiger partial charge in [-0.1, -0.05) is 184 Å². The summed E-state index contributed by atoms with van der Waals surface area (Å²) in [6.07, 6.45) is 44.9. The van der Waals surface area contributed by atoms with Crippen LogP contribution >= 0.6 is 0 Å². The average Bonchev–Trinajstić information content (AvgIpc) is 3.35. The second kappa shape index (κ2) is 47.4. The Bertz CT molecular complexity index is 1470. The molecule has 0 radical (unpaired) electrons. The van der Waals surface area contributed by atoms with Crippen molar-refractivity contribution in [3.8, 4) is 0 Å². The zero-order chi connectivity index (χ0) is 51.8. The number of unbranched alkanes of at least 4 members (excludes halogenated alkanes) is 23. The smallest absolute Gasteiger partial charge is 0.335 e. The molecule has 1 aliphatic heterocycles. The Kier molecular flexibility index (Phi) is 43.7. The van der Waals surface area contributed by atoms with E-state index in [1.54, 1.807) is 0 Å². The third kappa shape index (κ3) is 37.8. The van der Waals surface area contributed by atoms with Crippen LogP contribution < -0.4 is 0 Å². The molecule has 1 fully saturated rings. The fourth-order valence-electron chi connectivity index (χ4n) is 8.10. The molecule has 0 aromatic rings. The summed E-state index contributed by atoms with van der Waals surface area (Å²) >= 11 is 0. The van der Waals surface area contributed by atoms with Crippen LogP contribution in [0.1, 0.15) is 239 Å². The Morgan fingerprint density at radius 2 is 0.859 bits per heavy atom. The lowest BCUT2D eigenvalue weighted by Crippen LogP contribution is -2.61. The van der Waals surface area contributed by atoms with Crippen LogP contribution in [0, 0.1) is 0 Å². The van der Waals surface area contributed by atoms with Gasteiger partial charge in [-0.25, -0.2) is 4.79 Å². The van der Waals surface area contributed by atoms with E-state index in [1.807, 2.05) is 0 Å². The van der Waals surface area contributed by atoms with E-state index >= 15 is 0 Å². The van der Waals surface area contributed by atoms with Crippen molar-refractivity contribution in [2.45, 2.75) is 276 Å². The SMILES string of the molecule is CCCC/C=C\CCCCCCCC(=O)OCC(COC1OC(C(=O)O)C(O)C(O)C1OC(=O)CCCCCCCC/C=C\C/C=C\C/C=C\CCCCC)OC(=O)CCCCCCC/C=C\CCCC. The fourth-order valence-corrected chi connectivity index (χ4v) is 8.10. The summed E-state index contributed by atoms with van der Waals surface area (Å²) in [6, 6.07) is 0. The molecular weight excluding hydrogens is 901 g/mol. The summed E-state index contributed by atoms with van der Waals surface area (Å²) in [5.41, 5.74) is 0. The van der Waals surface area contributed by atoms with Gasteiger partial charge in [-0.3, -0.25) is 14.4 Å². The number of carboxylic acid groups (broad SMARTS) is 1. The molecule has 12 nitrogen and oxygen atoms in total. The summed E-state index contributed by atoms with van der Waals surface area (Å²) in [5, 5.41) is 31.4. The van der Waals surface area contributed by atoms with Crippen molar-refractivity contribution in [2.24, 2.45) is 0 Å². The second-order valence-corrected chi connectivity index (χ2v) is 19.2. The lowest BCUT2D eigenvalue weighted by Gasteiger charge is -2.40. The molecule has 0 aromatic heterocycles. The highest BCUT2D eigenvalue weighted by Gasteiger charge is 2.50. The molecule has 12 heteroatoms. The maximum atomic E-state index is 13.1. The Morgan fingerprint density at radius 3 is 1.34 bits per heavy atom. The van der Waals surface area contributed by atoms with Crippen molar-refractivity contribution in [2.75, 3.05) is 13.2 Å². The maximum Gasteiger partial charge on any atom is 0.335 e. The molecule has 0 spiro atoms. The molecule has 71 heavy (non-hydrogen) atoms. The van der Waals surface area contributed by atoms with E-state index in [0.717, 1.165) is 128 Å². The molecule has 6 atom stereocenters. The molecule has 0 bridgehead atoms. The minimum Gasteiger partial charge on any atom is -0.479 e. The van der Waals surface area contributed by atoms with Gasteiger partial charge in [-0.05, 0) is 96.3 Å². The molecule has 1 heterocycles. The first-order chi connectivity index (χ1) is 34.6. The van der Waals surface area contributed by atoms with E-state index in [4.69, 9.17) is 23.7 Å². The predicted molar refractivity (Wildman–Crippen MR) is 285 cm³/mol. The third-order valence-corrected chi connectivity index (χ3v) is 12.5. The molecule has 0 saturated carbocycles. The molecule has 1 aliphatic rings. The van der Waals surface area contributed by atoms with Gasteiger partial charge in [0.1, 0.15) is 18.8 Å². The molecule has 1 rings (SSSR count). The molecule has 408 valence electrons. The average molecular weight is 1000 g/mol. The largest absolute Gasteiger partial charge is 0.479 e. The number of aliphatic carboxylic acids is 1. The highest BCUT2D eigenvalue weighted by molar-refractivity contribution is 5.74. The van der Waals surface area contributed by atoms with Crippen molar-refractivity contribution in [3.63, 3.8) is 0 Å². The number of allylic oxidation sites excluding steroid dienone is 10. The monoisotopic (exact) mass is 1000 g/mol. The van der Waals surface area contributed by atoms with E-state index in [0.29, 0.717) is 19.3 Å². The van der Waals surface area contributed by atoms with Crippen molar-refractivity contribution >= 4 is 23.9 Å². The highest BCUT2D eigenvalue weighted by Crippen LogP contribution is 2.26. The first-order valence-electron chi connectivity index (χ1n) is 28.3. The van der Waals surface area contributed by atoms with E-state index in [9.17, 15) is 34.5 Å². The first-order valence-corrected chi connectivity index (χ1v) is 28.3. The lowest BCUT2D eigenvalue weighted by atomic mass is 9.98. The summed E-state index contributed by atoms with van der Waals surface area (Å²) in [7, 11) is 0. The number of hydrogen-bond acceptors (Lipinski definition) is 11. The van der Waals surface area contributed by atoms with Crippen LogP contribution in [0.4, 0.5) is 0 Å². The van der Waals surface area contributed by atoms with Gasteiger partial charge in [0.2, 0.25) is 0 Å². The van der Waals surface area contributed by atoms with Gasteiger partial charge < -0.3 is 39.0 Å². The van der Waals surface area contributed by atoms with Crippen LogP contribution in [0.15, 0.2) is 60.8 Å². The normalized spacial score (nSPS) is 18.9. The van der Waals surface area contributed by atoms with Gasteiger partial charge in [0, 0.05) is 19.3 Å². The molecule has 0 amide bonds. The summed E-state index contributed by atoms with van der Waals surface area (Å²) < 4.78 is 28.3. The number of aliphatic hydroxyl groups is 2. The van der Waals surface area contributed by atoms with Gasteiger partial charge in [0.15, 0.2) is 24.6 Å². The Balaban J connectivity index is 2.68. The minimum absolute atomic E-state index is 0.0437. The molecule has 6 unspecified atom stereocenters. The summed E-state index contributed by atoms with van der Waals surface area (Å²) in [6.45, 7) is 5.85. The van der Waals surface area contributed by atoms with Crippen LogP contribution in [0.5, 0.6) is 0 Å². The Morgan fingerprint density at radius 1 is 0.465 bits per heavy atom. The van der Waals surface area contributed by atoms with Gasteiger partial charge in [-0.15, -0.1) is 0 Å². The molecule has 3 N–H and O–H groups in total. The summed E-state index contributed by atoms with van der Waals surface area (Å²) in [4.78, 5) is 50.9. The number of hydrogen-bond donors (Lipinski definition) is 3. The topological polar surface area (TPSA) is 175 Å². The van der Waals surface area contributed by atoms with E-state index < -0.39 is 67.3 Å². The summed E-state index contributed by atoms with van der Waals surface area (Å²) in [5.74, 6) is -3.16. The maximum absolute atomic E-state index is 13.1. The number of aliphatic hydroxyl groups excluding tert-OH is 2. The zero-order valence-electron chi connectivity index (χ0n) is 44.7. The molecular formula is C59H100O12. The number of carboxylic acids is 1. The van der Waals surface area contributed by atoms with Crippen LogP contribution in [0.3, 0.4) is 0 Å². The number of carbonyl (C=O) groups is 4. The van der Waals surface area contributed by atoms with Gasteiger partial charge in [0.25, 0.3) is 0 Å². The predicted octanol–water partition coefficient (Wildman–Crippen LogP) is 14.0. The lowest BCUT2D eigenvalue weighted by molar-refractivity contribution is -0.301. The fraction of sp³-hybridized carbons (Fsp3) is 0.763. The third-order valence-electron chi connectivity index (χ3n) is 12.5. The van der Waals surface area contributed by atoms with Gasteiger partial charge in [-0.2, -0.15) is 0 Å². The van der Waals surface area contributed by atoms with Crippen LogP contribution in [-0.4, -0.2) is 89.2 Å².